The van der Waals surface area contributed by atoms with E-state index < -0.39 is 0 Å². The van der Waals surface area contributed by atoms with Gasteiger partial charge in [0.1, 0.15) is 11.9 Å². The van der Waals surface area contributed by atoms with E-state index >= 15 is 0 Å². The van der Waals surface area contributed by atoms with E-state index in [1.54, 1.807) is 18.6 Å². The predicted molar refractivity (Wildman–Crippen MR) is 104 cm³/mol. The summed E-state index contributed by atoms with van der Waals surface area (Å²) in [5.74, 6) is 1.32. The molecule has 8 heteroatoms. The van der Waals surface area contributed by atoms with Crippen molar-refractivity contribution >= 4 is 45.9 Å². The molecule has 1 aliphatic carbocycles. The summed E-state index contributed by atoms with van der Waals surface area (Å²) in [5, 5.41) is 1.71. The van der Waals surface area contributed by atoms with Gasteiger partial charge < -0.3 is 14.2 Å². The van der Waals surface area contributed by atoms with Crippen molar-refractivity contribution in [1.29, 1.82) is 0 Å². The second kappa shape index (κ2) is 6.11. The Hall–Kier alpha value is -2.31. The number of carbonyl (C=O) groups is 1. The first-order valence-corrected chi connectivity index (χ1v) is 9.45. The Balaban J connectivity index is 1.71. The van der Waals surface area contributed by atoms with Crippen molar-refractivity contribution in [2.24, 2.45) is 11.8 Å². The fraction of sp³-hybridized carbons (Fsp3) is 0.316. The lowest BCUT2D eigenvalue weighted by Crippen LogP contribution is -2.40. The normalized spacial score (nSPS) is 23.5. The van der Waals surface area contributed by atoms with Crippen LogP contribution in [0, 0.1) is 11.8 Å². The molecule has 2 unspecified atom stereocenters. The van der Waals surface area contributed by atoms with Gasteiger partial charge in [0.05, 0.1) is 34.7 Å². The number of methoxy groups -OCH3 is 1. The van der Waals surface area contributed by atoms with E-state index in [9.17, 15) is 4.79 Å². The van der Waals surface area contributed by atoms with Crippen LogP contribution < -0.4 is 4.90 Å². The SMILES string of the molecule is COC(=O)[C@@H]1C2CC2CN1c1cc(-n2ccnc2)c2ccc(Cl)c(Cl)c2n1. The molecule has 2 aromatic heterocycles. The summed E-state index contributed by atoms with van der Waals surface area (Å²) in [4.78, 5) is 23.3. The number of hydrogen-bond donors (Lipinski definition) is 0. The van der Waals surface area contributed by atoms with Crippen LogP contribution in [-0.4, -0.2) is 40.2 Å². The fourth-order valence-electron chi connectivity index (χ4n) is 4.09. The predicted octanol–water partition coefficient (Wildman–Crippen LogP) is 3.73. The van der Waals surface area contributed by atoms with E-state index in [4.69, 9.17) is 32.9 Å². The smallest absolute Gasteiger partial charge is 0.328 e. The molecule has 3 atom stereocenters. The number of esters is 1. The number of carbonyl (C=O) groups excluding carboxylic acids is 1. The van der Waals surface area contributed by atoms with Crippen LogP contribution in [0.4, 0.5) is 5.82 Å². The summed E-state index contributed by atoms with van der Waals surface area (Å²) in [5.41, 5.74) is 1.49. The van der Waals surface area contributed by atoms with Gasteiger partial charge in [-0.15, -0.1) is 0 Å². The van der Waals surface area contributed by atoms with Gasteiger partial charge in [0.25, 0.3) is 0 Å². The number of benzene rings is 1. The molecule has 1 saturated carbocycles. The summed E-state index contributed by atoms with van der Waals surface area (Å²) in [6, 6.07) is 5.32. The van der Waals surface area contributed by atoms with E-state index in [-0.39, 0.29) is 12.0 Å². The molecule has 3 heterocycles. The Kier molecular flexibility index (Phi) is 3.81. The Morgan fingerprint density at radius 2 is 2.19 bits per heavy atom. The number of aromatic nitrogens is 3. The minimum absolute atomic E-state index is 0.219. The molecule has 5 rings (SSSR count). The number of imidazole rings is 1. The maximum Gasteiger partial charge on any atom is 0.328 e. The molecule has 6 nitrogen and oxygen atoms in total. The Morgan fingerprint density at radius 3 is 2.93 bits per heavy atom. The van der Waals surface area contributed by atoms with Crippen molar-refractivity contribution in [2.45, 2.75) is 12.5 Å². The zero-order valence-electron chi connectivity index (χ0n) is 14.5. The number of nitrogens with zero attached hydrogens (tertiary/aromatic N) is 4. The Labute approximate surface area is 165 Å². The van der Waals surface area contributed by atoms with Gasteiger partial charge in [0, 0.05) is 30.4 Å². The summed E-state index contributed by atoms with van der Waals surface area (Å²) in [6.45, 7) is 0.782. The highest BCUT2D eigenvalue weighted by Gasteiger charge is 2.56. The number of pyridine rings is 1. The minimum atomic E-state index is -0.307. The Bertz CT molecular complexity index is 1050. The highest BCUT2D eigenvalue weighted by atomic mass is 35.5. The molecule has 138 valence electrons. The molecule has 27 heavy (non-hydrogen) atoms. The standard InChI is InChI=1S/C19H16Cl2N4O2/c1-27-19(26)18-12-6-10(12)8-25(18)15-7-14(24-5-4-22-9-24)11-2-3-13(20)16(21)17(11)23-15/h2-5,7,9-10,12,18H,6,8H2,1H3/t10?,12?,18-/m0/s1. The maximum atomic E-state index is 12.4. The molecule has 0 N–H and O–H groups in total. The van der Waals surface area contributed by atoms with E-state index in [0.717, 1.165) is 24.0 Å². The van der Waals surface area contributed by atoms with Gasteiger partial charge in [-0.1, -0.05) is 23.2 Å². The topological polar surface area (TPSA) is 60.2 Å². The minimum Gasteiger partial charge on any atom is -0.467 e. The van der Waals surface area contributed by atoms with Crippen LogP contribution in [0.3, 0.4) is 0 Å². The monoisotopic (exact) mass is 402 g/mol. The number of rotatable bonds is 3. The number of hydrogen-bond acceptors (Lipinski definition) is 5. The number of fused-ring (bicyclic) bond motifs is 2. The van der Waals surface area contributed by atoms with Gasteiger partial charge in [-0.2, -0.15) is 0 Å². The van der Waals surface area contributed by atoms with Crippen molar-refractivity contribution < 1.29 is 9.53 Å². The largest absolute Gasteiger partial charge is 0.467 e. The molecule has 2 aliphatic rings. The first-order valence-electron chi connectivity index (χ1n) is 8.70. The van der Waals surface area contributed by atoms with Crippen molar-refractivity contribution in [3.8, 4) is 5.69 Å². The van der Waals surface area contributed by atoms with Gasteiger partial charge in [0.15, 0.2) is 0 Å². The molecule has 1 aromatic carbocycles. The second-order valence-electron chi connectivity index (χ2n) is 7.01. The number of ether oxygens (including phenoxy) is 1. The number of anilines is 1. The molecule has 2 fully saturated rings. The number of piperidine rings is 1. The fourth-order valence-corrected chi connectivity index (χ4v) is 4.45. The second-order valence-corrected chi connectivity index (χ2v) is 7.79. The number of halogens is 2. The third kappa shape index (κ3) is 2.58. The molecule has 1 saturated heterocycles. The van der Waals surface area contributed by atoms with Crippen LogP contribution in [0.25, 0.3) is 16.6 Å². The van der Waals surface area contributed by atoms with Gasteiger partial charge in [-0.25, -0.2) is 14.8 Å². The summed E-state index contributed by atoms with van der Waals surface area (Å²) in [7, 11) is 1.43. The van der Waals surface area contributed by atoms with Crippen LogP contribution in [0.15, 0.2) is 36.9 Å². The van der Waals surface area contributed by atoms with Crippen LogP contribution >= 0.6 is 23.2 Å². The molecule has 0 spiro atoms. The zero-order valence-corrected chi connectivity index (χ0v) is 16.0. The highest BCUT2D eigenvalue weighted by Crippen LogP contribution is 2.51. The lowest BCUT2D eigenvalue weighted by molar-refractivity contribution is -0.142. The maximum absolute atomic E-state index is 12.4. The van der Waals surface area contributed by atoms with Crippen molar-refractivity contribution in [1.82, 2.24) is 14.5 Å². The third-order valence-electron chi connectivity index (χ3n) is 5.51. The first-order chi connectivity index (χ1) is 13.1. The Morgan fingerprint density at radius 1 is 1.33 bits per heavy atom. The molecule has 0 amide bonds. The van der Waals surface area contributed by atoms with E-state index in [1.165, 1.54) is 7.11 Å². The average molecular weight is 403 g/mol. The van der Waals surface area contributed by atoms with Crippen LogP contribution in [-0.2, 0) is 9.53 Å². The van der Waals surface area contributed by atoms with Gasteiger partial charge in [-0.3, -0.25) is 0 Å². The molecule has 3 aromatic rings. The summed E-state index contributed by atoms with van der Waals surface area (Å²) in [6.07, 6.45) is 6.36. The summed E-state index contributed by atoms with van der Waals surface area (Å²) < 4.78 is 6.95. The van der Waals surface area contributed by atoms with Crippen molar-refractivity contribution in [3.05, 3.63) is 47.0 Å². The quantitative estimate of drug-likeness (QED) is 0.624. The van der Waals surface area contributed by atoms with Crippen LogP contribution in [0.2, 0.25) is 10.0 Å². The third-order valence-corrected chi connectivity index (χ3v) is 6.30. The van der Waals surface area contributed by atoms with Crippen LogP contribution in [0.1, 0.15) is 6.42 Å². The molecular formula is C19H16Cl2N4O2. The van der Waals surface area contributed by atoms with Crippen molar-refractivity contribution in [2.75, 3.05) is 18.6 Å². The average Bonchev–Trinajstić information content (AvgIpc) is 3.10. The van der Waals surface area contributed by atoms with Gasteiger partial charge >= 0.3 is 5.97 Å². The molecule has 1 aliphatic heterocycles. The van der Waals surface area contributed by atoms with Gasteiger partial charge in [-0.05, 0) is 30.4 Å². The van der Waals surface area contributed by atoms with Gasteiger partial charge in [0.2, 0.25) is 0 Å². The van der Waals surface area contributed by atoms with Crippen LogP contribution in [0.5, 0.6) is 0 Å². The van der Waals surface area contributed by atoms with Crippen molar-refractivity contribution in [3.63, 3.8) is 0 Å². The lowest BCUT2D eigenvalue weighted by atomic mass is 10.1. The molecule has 0 radical (unpaired) electrons. The summed E-state index contributed by atoms with van der Waals surface area (Å²) >= 11 is 12.7. The highest BCUT2D eigenvalue weighted by molar-refractivity contribution is 6.45. The first kappa shape index (κ1) is 16.8. The van der Waals surface area contributed by atoms with E-state index in [2.05, 4.69) is 4.98 Å². The van der Waals surface area contributed by atoms with E-state index in [0.29, 0.717) is 33.2 Å². The lowest BCUT2D eigenvalue weighted by Gasteiger charge is -2.27. The molecular weight excluding hydrogens is 387 g/mol. The zero-order chi connectivity index (χ0) is 18.7. The molecule has 0 bridgehead atoms. The van der Waals surface area contributed by atoms with E-state index in [1.807, 2.05) is 27.8 Å².